The SMILES string of the molecule is C=C1CC(OC(=O)C2(c3ccccc3)CCCCCC2)C1CC[NH2+]CC(=O)O.CC. The lowest BCUT2D eigenvalue weighted by atomic mass is 9.72. The first kappa shape index (κ1) is 24.1. The Bertz CT molecular complexity index is 692. The lowest BCUT2D eigenvalue weighted by molar-refractivity contribution is -0.646. The normalized spacial score (nSPS) is 22.7. The molecular weight excluding hydrogens is 378 g/mol. The zero-order valence-corrected chi connectivity index (χ0v) is 18.6. The van der Waals surface area contributed by atoms with Gasteiger partial charge in [-0.2, -0.15) is 0 Å². The molecule has 2 saturated carbocycles. The smallest absolute Gasteiger partial charge is 0.359 e. The number of carbonyl (C=O) groups excluding carboxylic acids is 1. The number of carboxylic acids is 1. The first-order chi connectivity index (χ1) is 14.5. The second-order valence-corrected chi connectivity index (χ2v) is 8.24. The summed E-state index contributed by atoms with van der Waals surface area (Å²) < 4.78 is 6.07. The van der Waals surface area contributed by atoms with Gasteiger partial charge in [0.05, 0.1) is 12.0 Å². The number of carboxylic acid groups (broad SMARTS) is 1. The maximum Gasteiger partial charge on any atom is 0.359 e. The van der Waals surface area contributed by atoms with Crippen LogP contribution in [0.4, 0.5) is 0 Å². The molecule has 2 fully saturated rings. The highest BCUT2D eigenvalue weighted by atomic mass is 16.5. The molecule has 0 spiro atoms. The van der Waals surface area contributed by atoms with Crippen molar-refractivity contribution in [2.75, 3.05) is 13.1 Å². The van der Waals surface area contributed by atoms with Gasteiger partial charge in [-0.15, -0.1) is 0 Å². The van der Waals surface area contributed by atoms with Crippen molar-refractivity contribution in [1.82, 2.24) is 0 Å². The number of benzene rings is 1. The van der Waals surface area contributed by atoms with Gasteiger partial charge in [-0.25, -0.2) is 4.79 Å². The minimum absolute atomic E-state index is 0.0702. The van der Waals surface area contributed by atoms with Gasteiger partial charge in [0.1, 0.15) is 6.10 Å². The van der Waals surface area contributed by atoms with Gasteiger partial charge in [0.25, 0.3) is 0 Å². The van der Waals surface area contributed by atoms with Crippen LogP contribution >= 0.6 is 0 Å². The number of esters is 1. The maximum atomic E-state index is 13.4. The second kappa shape index (κ2) is 11.9. The van der Waals surface area contributed by atoms with E-state index in [4.69, 9.17) is 9.84 Å². The molecule has 2 aliphatic carbocycles. The Balaban J connectivity index is 0.00000155. The fourth-order valence-electron chi connectivity index (χ4n) is 4.64. The van der Waals surface area contributed by atoms with Crippen molar-refractivity contribution in [3.63, 3.8) is 0 Å². The Morgan fingerprint density at radius 1 is 1.13 bits per heavy atom. The van der Waals surface area contributed by atoms with Crippen LogP contribution < -0.4 is 5.32 Å². The molecular formula is C25H38NO4+. The van der Waals surface area contributed by atoms with Crippen LogP contribution in [0.5, 0.6) is 0 Å². The quantitative estimate of drug-likeness (QED) is 0.292. The molecule has 3 N–H and O–H groups in total. The van der Waals surface area contributed by atoms with E-state index < -0.39 is 11.4 Å². The molecule has 166 valence electrons. The second-order valence-electron chi connectivity index (χ2n) is 8.24. The molecule has 0 aromatic heterocycles. The lowest BCUT2D eigenvalue weighted by Crippen LogP contribution is -2.86. The summed E-state index contributed by atoms with van der Waals surface area (Å²) in [6.07, 6.45) is 7.53. The molecule has 2 unspecified atom stereocenters. The van der Waals surface area contributed by atoms with Gasteiger partial charge in [-0.1, -0.05) is 82.0 Å². The molecule has 0 aliphatic heterocycles. The monoisotopic (exact) mass is 416 g/mol. The predicted octanol–water partition coefficient (Wildman–Crippen LogP) is 3.83. The van der Waals surface area contributed by atoms with Gasteiger partial charge in [-0.3, -0.25) is 4.79 Å². The number of quaternary nitrogens is 1. The Morgan fingerprint density at radius 3 is 2.33 bits per heavy atom. The fraction of sp³-hybridized carbons (Fsp3) is 0.600. The highest BCUT2D eigenvalue weighted by Crippen LogP contribution is 2.43. The molecule has 30 heavy (non-hydrogen) atoms. The zero-order chi connectivity index (χ0) is 22.0. The third-order valence-corrected chi connectivity index (χ3v) is 6.37. The average molecular weight is 417 g/mol. The molecule has 2 aliphatic rings. The third-order valence-electron chi connectivity index (χ3n) is 6.37. The number of hydrogen-bond donors (Lipinski definition) is 2. The van der Waals surface area contributed by atoms with Crippen LogP contribution in [0.2, 0.25) is 0 Å². The summed E-state index contributed by atoms with van der Waals surface area (Å²) in [4.78, 5) is 24.1. The topological polar surface area (TPSA) is 80.2 Å². The van der Waals surface area contributed by atoms with Crippen LogP contribution in [-0.2, 0) is 19.7 Å². The third kappa shape index (κ3) is 5.94. The summed E-state index contributed by atoms with van der Waals surface area (Å²) in [7, 11) is 0. The summed E-state index contributed by atoms with van der Waals surface area (Å²) in [5.74, 6) is -0.751. The van der Waals surface area contributed by atoms with Crippen LogP contribution in [0.25, 0.3) is 0 Å². The van der Waals surface area contributed by atoms with Gasteiger partial charge in [0.2, 0.25) is 0 Å². The molecule has 2 atom stereocenters. The average Bonchev–Trinajstić information content (AvgIpc) is 3.02. The van der Waals surface area contributed by atoms with Crippen LogP contribution in [0.15, 0.2) is 42.5 Å². The van der Waals surface area contributed by atoms with E-state index >= 15 is 0 Å². The van der Waals surface area contributed by atoms with Gasteiger partial charge in [0, 0.05) is 18.8 Å². The van der Waals surface area contributed by atoms with Gasteiger partial charge < -0.3 is 15.2 Å². The fourth-order valence-corrected chi connectivity index (χ4v) is 4.64. The first-order valence-electron chi connectivity index (χ1n) is 11.5. The molecule has 5 nitrogen and oxygen atoms in total. The summed E-state index contributed by atoms with van der Waals surface area (Å²) in [6.45, 7) is 8.87. The minimum Gasteiger partial charge on any atom is -0.477 e. The van der Waals surface area contributed by atoms with Crippen LogP contribution in [0, 0.1) is 5.92 Å². The number of carbonyl (C=O) groups is 2. The molecule has 0 heterocycles. The molecule has 0 bridgehead atoms. The van der Waals surface area contributed by atoms with Gasteiger partial charge in [0.15, 0.2) is 6.54 Å². The van der Waals surface area contributed by atoms with Crippen LogP contribution in [0.3, 0.4) is 0 Å². The number of rotatable bonds is 8. The Morgan fingerprint density at radius 2 is 1.77 bits per heavy atom. The Labute approximate surface area is 180 Å². The van der Waals surface area contributed by atoms with Crippen molar-refractivity contribution in [1.29, 1.82) is 0 Å². The van der Waals surface area contributed by atoms with E-state index in [-0.39, 0.29) is 24.5 Å². The van der Waals surface area contributed by atoms with E-state index in [0.29, 0.717) is 6.54 Å². The van der Waals surface area contributed by atoms with Crippen molar-refractivity contribution in [2.24, 2.45) is 5.92 Å². The molecule has 5 heteroatoms. The van der Waals surface area contributed by atoms with Crippen LogP contribution in [0.1, 0.15) is 70.8 Å². The highest BCUT2D eigenvalue weighted by molar-refractivity contribution is 5.83. The number of aliphatic carboxylic acids is 1. The summed E-state index contributed by atoms with van der Waals surface area (Å²) in [5.41, 5.74) is 1.65. The van der Waals surface area contributed by atoms with Gasteiger partial charge >= 0.3 is 11.9 Å². The number of ether oxygens (including phenoxy) is 1. The number of hydrogen-bond acceptors (Lipinski definition) is 3. The van der Waals surface area contributed by atoms with E-state index in [9.17, 15) is 9.59 Å². The predicted molar refractivity (Wildman–Crippen MR) is 118 cm³/mol. The van der Waals surface area contributed by atoms with Crippen molar-refractivity contribution in [3.05, 3.63) is 48.0 Å². The van der Waals surface area contributed by atoms with E-state index in [1.807, 2.05) is 32.0 Å². The molecule has 0 amide bonds. The van der Waals surface area contributed by atoms with Crippen molar-refractivity contribution < 1.29 is 24.7 Å². The van der Waals surface area contributed by atoms with Gasteiger partial charge in [-0.05, 0) is 18.4 Å². The lowest BCUT2D eigenvalue weighted by Gasteiger charge is -2.41. The van der Waals surface area contributed by atoms with E-state index in [1.165, 1.54) is 12.8 Å². The zero-order valence-electron chi connectivity index (χ0n) is 18.6. The molecule has 0 radical (unpaired) electrons. The van der Waals surface area contributed by atoms with Crippen LogP contribution in [-0.4, -0.2) is 36.2 Å². The highest BCUT2D eigenvalue weighted by Gasteiger charge is 2.45. The summed E-state index contributed by atoms with van der Waals surface area (Å²) >= 11 is 0. The molecule has 3 rings (SSSR count). The Hall–Kier alpha value is -2.14. The standard InChI is InChI=1S/C23H31NO4.C2H6/c1-17-15-20(19(17)11-14-24-16-21(25)26)28-22(27)23(12-7-2-3-8-13-23)18-9-5-4-6-10-18;1-2/h4-6,9-10,19-20,24H,1-3,7-8,11-16H2,(H,25,26);1-2H3/p+1. The van der Waals surface area contributed by atoms with Crippen molar-refractivity contribution >= 4 is 11.9 Å². The maximum absolute atomic E-state index is 13.4. The Kier molecular flexibility index (Phi) is 9.57. The van der Waals surface area contributed by atoms with Crippen molar-refractivity contribution in [2.45, 2.75) is 76.7 Å². The molecule has 0 saturated heterocycles. The summed E-state index contributed by atoms with van der Waals surface area (Å²) in [5, 5.41) is 10.5. The molecule has 1 aromatic carbocycles. The van der Waals surface area contributed by atoms with E-state index in [1.54, 1.807) is 5.32 Å². The summed E-state index contributed by atoms with van der Waals surface area (Å²) in [6, 6.07) is 10.1. The van der Waals surface area contributed by atoms with Crippen molar-refractivity contribution in [3.8, 4) is 0 Å². The molecule has 1 aromatic rings. The van der Waals surface area contributed by atoms with E-state index in [0.717, 1.165) is 49.7 Å². The van der Waals surface area contributed by atoms with E-state index in [2.05, 4.69) is 18.7 Å². The minimum atomic E-state index is -0.811. The number of nitrogens with two attached hydrogens (primary N) is 1. The largest absolute Gasteiger partial charge is 0.477 e. The first-order valence-corrected chi connectivity index (χ1v) is 11.5.